The molecule has 1 saturated carbocycles. The summed E-state index contributed by atoms with van der Waals surface area (Å²) in [7, 11) is 0. The Bertz CT molecular complexity index is 1600. The van der Waals surface area contributed by atoms with Crippen molar-refractivity contribution < 1.29 is 17.9 Å². The molecule has 4 aromatic rings. The highest BCUT2D eigenvalue weighted by atomic mass is 35.5. The zero-order valence-corrected chi connectivity index (χ0v) is 21.6. The Labute approximate surface area is 221 Å². The molecule has 0 amide bonds. The van der Waals surface area contributed by atoms with Crippen molar-refractivity contribution in [1.82, 2.24) is 24.5 Å². The van der Waals surface area contributed by atoms with E-state index >= 15 is 0 Å². The molecule has 0 aliphatic heterocycles. The summed E-state index contributed by atoms with van der Waals surface area (Å²) in [6.45, 7) is 5.01. The summed E-state index contributed by atoms with van der Waals surface area (Å²) < 4.78 is 48.4. The Morgan fingerprint density at radius 1 is 1.08 bits per heavy atom. The first kappa shape index (κ1) is 25.8. The Balaban J connectivity index is 1.49. The van der Waals surface area contributed by atoms with Crippen molar-refractivity contribution in [2.45, 2.75) is 52.1 Å². The van der Waals surface area contributed by atoms with Gasteiger partial charge in [-0.25, -0.2) is 23.1 Å². The molecule has 0 radical (unpaired) electrons. The summed E-state index contributed by atoms with van der Waals surface area (Å²) in [6.07, 6.45) is 2.64. The zero-order chi connectivity index (χ0) is 27.2. The maximum absolute atomic E-state index is 14.2. The van der Waals surface area contributed by atoms with E-state index in [9.17, 15) is 18.0 Å². The van der Waals surface area contributed by atoms with Gasteiger partial charge >= 0.3 is 0 Å². The first-order valence-electron chi connectivity index (χ1n) is 11.9. The Morgan fingerprint density at radius 3 is 2.53 bits per heavy atom. The largest absolute Gasteiger partial charge is 0.485 e. The summed E-state index contributed by atoms with van der Waals surface area (Å²) in [4.78, 5) is 30.2. The molecule has 0 spiro atoms. The van der Waals surface area contributed by atoms with Crippen molar-refractivity contribution in [3.63, 3.8) is 0 Å². The molecule has 7 nitrogen and oxygen atoms in total. The van der Waals surface area contributed by atoms with Crippen molar-refractivity contribution in [3.05, 3.63) is 92.4 Å². The number of halogens is 4. The van der Waals surface area contributed by atoms with Crippen LogP contribution < -0.4 is 10.3 Å². The van der Waals surface area contributed by atoms with Gasteiger partial charge in [-0.15, -0.1) is 0 Å². The molecular weight excluding hydrogens is 519 g/mol. The smallest absolute Gasteiger partial charge is 0.277 e. The predicted octanol–water partition coefficient (Wildman–Crippen LogP) is 5.68. The van der Waals surface area contributed by atoms with Crippen LogP contribution in [0.4, 0.5) is 13.2 Å². The minimum Gasteiger partial charge on any atom is -0.485 e. The molecule has 4 heterocycles. The number of rotatable bonds is 7. The van der Waals surface area contributed by atoms with Crippen LogP contribution >= 0.6 is 11.6 Å². The van der Waals surface area contributed by atoms with E-state index in [0.29, 0.717) is 46.7 Å². The van der Waals surface area contributed by atoms with Crippen molar-refractivity contribution >= 4 is 11.6 Å². The van der Waals surface area contributed by atoms with E-state index < -0.39 is 23.2 Å². The normalized spacial score (nSPS) is 14.1. The van der Waals surface area contributed by atoms with E-state index in [1.807, 2.05) is 0 Å². The molecule has 0 bridgehead atoms. The maximum Gasteiger partial charge on any atom is 0.277 e. The molecule has 1 aliphatic rings. The molecule has 0 N–H and O–H groups in total. The summed E-state index contributed by atoms with van der Waals surface area (Å²) in [6, 6.07) is 6.17. The van der Waals surface area contributed by atoms with Crippen LogP contribution in [0.3, 0.4) is 0 Å². The Hall–Kier alpha value is -3.79. The second-order valence-corrected chi connectivity index (χ2v) is 9.79. The predicted molar refractivity (Wildman–Crippen MR) is 136 cm³/mol. The Kier molecular flexibility index (Phi) is 6.68. The van der Waals surface area contributed by atoms with Gasteiger partial charge in [-0.3, -0.25) is 19.3 Å². The second kappa shape index (κ2) is 9.83. The van der Waals surface area contributed by atoms with Crippen LogP contribution in [0.15, 0.2) is 47.7 Å². The van der Waals surface area contributed by atoms with Crippen LogP contribution in [0, 0.1) is 26.6 Å². The van der Waals surface area contributed by atoms with Gasteiger partial charge in [0.25, 0.3) is 12.0 Å². The lowest BCUT2D eigenvalue weighted by Gasteiger charge is -2.17. The van der Waals surface area contributed by atoms with Gasteiger partial charge in [-0.1, -0.05) is 11.6 Å². The number of nitrogens with zero attached hydrogens (tertiary/aromatic N) is 5. The molecule has 0 unspecified atom stereocenters. The molecule has 5 rings (SSSR count). The fourth-order valence-electron chi connectivity index (χ4n) is 4.21. The third kappa shape index (κ3) is 4.64. The van der Waals surface area contributed by atoms with Gasteiger partial charge in [0.1, 0.15) is 34.7 Å². The highest BCUT2D eigenvalue weighted by Gasteiger charge is 2.55. The van der Waals surface area contributed by atoms with Crippen LogP contribution in [-0.4, -0.2) is 30.9 Å². The monoisotopic (exact) mass is 541 g/mol. The standard InChI is InChI=1S/C27H23ClF3N5O2/c1-14-8-17(29)20(33-11-14)13-38-22-9-16(3)36(24(37)23(22)28)21-10-19(34-12-15(21)2)18-4-7-32-26(35-18)27(5-6-27)25(30)31/h4,7-12,25H,5-6,13H2,1-3H3. The number of hydrogen-bond donors (Lipinski definition) is 0. The first-order valence-corrected chi connectivity index (χ1v) is 12.2. The van der Waals surface area contributed by atoms with Crippen molar-refractivity contribution in [2.75, 3.05) is 0 Å². The number of aryl methyl sites for hydroxylation is 3. The number of ether oxygens (including phenoxy) is 1. The zero-order valence-electron chi connectivity index (χ0n) is 20.8. The quantitative estimate of drug-likeness (QED) is 0.299. The minimum atomic E-state index is -2.55. The van der Waals surface area contributed by atoms with Crippen LogP contribution in [0.25, 0.3) is 17.1 Å². The van der Waals surface area contributed by atoms with Crippen molar-refractivity contribution in [1.29, 1.82) is 0 Å². The fraction of sp³-hybridized carbons (Fsp3) is 0.296. The van der Waals surface area contributed by atoms with Gasteiger partial charge in [0.2, 0.25) is 0 Å². The summed E-state index contributed by atoms with van der Waals surface area (Å²) in [5, 5.41) is -0.183. The SMILES string of the molecule is Cc1cnc(COc2cc(C)n(-c3cc(-c4ccnc(C5(C(F)F)CC5)n4)ncc3C)c(=O)c2Cl)c(F)c1. The average Bonchev–Trinajstić information content (AvgIpc) is 3.70. The molecule has 0 saturated heterocycles. The Morgan fingerprint density at radius 2 is 1.84 bits per heavy atom. The molecule has 0 aromatic carbocycles. The lowest BCUT2D eigenvalue weighted by Crippen LogP contribution is -2.23. The molecule has 11 heteroatoms. The van der Waals surface area contributed by atoms with Gasteiger partial charge in [0.05, 0.1) is 22.5 Å². The number of pyridine rings is 3. The first-order chi connectivity index (χ1) is 18.1. The van der Waals surface area contributed by atoms with E-state index in [1.54, 1.807) is 45.2 Å². The van der Waals surface area contributed by atoms with E-state index in [0.717, 1.165) is 0 Å². The van der Waals surface area contributed by atoms with Crippen LogP contribution in [0.1, 0.15) is 41.2 Å². The van der Waals surface area contributed by atoms with E-state index in [4.69, 9.17) is 16.3 Å². The van der Waals surface area contributed by atoms with Gasteiger partial charge in [-0.2, -0.15) is 0 Å². The lowest BCUT2D eigenvalue weighted by atomic mass is 10.1. The third-order valence-corrected chi connectivity index (χ3v) is 6.95. The van der Waals surface area contributed by atoms with E-state index in [2.05, 4.69) is 19.9 Å². The topological polar surface area (TPSA) is 82.8 Å². The van der Waals surface area contributed by atoms with Gasteiger partial charge in [0.15, 0.2) is 0 Å². The average molecular weight is 542 g/mol. The van der Waals surface area contributed by atoms with Crippen molar-refractivity contribution in [2.24, 2.45) is 0 Å². The lowest BCUT2D eigenvalue weighted by molar-refractivity contribution is 0.0977. The third-order valence-electron chi connectivity index (χ3n) is 6.60. The van der Waals surface area contributed by atoms with Crippen molar-refractivity contribution in [3.8, 4) is 22.8 Å². The van der Waals surface area contributed by atoms with Gasteiger partial charge in [-0.05, 0) is 62.9 Å². The molecule has 1 fully saturated rings. The highest BCUT2D eigenvalue weighted by Crippen LogP contribution is 2.51. The molecule has 196 valence electrons. The van der Waals surface area contributed by atoms with Crippen LogP contribution in [0.5, 0.6) is 5.75 Å². The summed E-state index contributed by atoms with van der Waals surface area (Å²) in [5.74, 6) is -0.326. The van der Waals surface area contributed by atoms with Gasteiger partial charge in [0, 0.05) is 30.4 Å². The molecule has 1 aliphatic carbocycles. The number of hydrogen-bond acceptors (Lipinski definition) is 6. The summed E-state index contributed by atoms with van der Waals surface area (Å²) in [5.41, 5.74) is 1.35. The second-order valence-electron chi connectivity index (χ2n) is 9.41. The summed E-state index contributed by atoms with van der Waals surface area (Å²) >= 11 is 6.39. The van der Waals surface area contributed by atoms with Crippen LogP contribution in [-0.2, 0) is 12.0 Å². The van der Waals surface area contributed by atoms with E-state index in [1.165, 1.54) is 23.0 Å². The van der Waals surface area contributed by atoms with E-state index in [-0.39, 0.29) is 28.9 Å². The maximum atomic E-state index is 14.2. The minimum absolute atomic E-state index is 0.0892. The molecule has 0 atom stereocenters. The molecule has 4 aromatic heterocycles. The number of aromatic nitrogens is 5. The van der Waals surface area contributed by atoms with Gasteiger partial charge < -0.3 is 4.74 Å². The van der Waals surface area contributed by atoms with Crippen LogP contribution in [0.2, 0.25) is 5.02 Å². The molecular formula is C27H23ClF3N5O2. The fourth-order valence-corrected chi connectivity index (χ4v) is 4.40. The molecule has 38 heavy (non-hydrogen) atoms. The number of alkyl halides is 2. The highest BCUT2D eigenvalue weighted by molar-refractivity contribution is 6.31.